The highest BCUT2D eigenvalue weighted by atomic mass is 35.5. The van der Waals surface area contributed by atoms with Crippen LogP contribution < -0.4 is 24.7 Å². The van der Waals surface area contributed by atoms with Gasteiger partial charge in [-0.25, -0.2) is 0 Å². The fourth-order valence-electron chi connectivity index (χ4n) is 6.27. The first-order chi connectivity index (χ1) is 18.9. The molecule has 39 heavy (non-hydrogen) atoms. The van der Waals surface area contributed by atoms with E-state index < -0.39 is 0 Å². The number of halogens is 1. The van der Waals surface area contributed by atoms with Gasteiger partial charge in [-0.2, -0.15) is 0 Å². The number of piperidine rings is 1. The van der Waals surface area contributed by atoms with E-state index >= 15 is 0 Å². The first-order valence-electron chi connectivity index (χ1n) is 13.0. The van der Waals surface area contributed by atoms with Crippen molar-refractivity contribution in [2.75, 3.05) is 46.0 Å². The van der Waals surface area contributed by atoms with Crippen LogP contribution in [-0.4, -0.2) is 56.5 Å². The topological polar surface area (TPSA) is 73.2 Å². The van der Waals surface area contributed by atoms with Gasteiger partial charge in [0.05, 0.1) is 33.7 Å². The molecule has 3 aliphatic rings. The first kappa shape index (κ1) is 25.5. The predicted octanol–water partition coefficient (Wildman–Crippen LogP) is 4.49. The highest BCUT2D eigenvalue weighted by Crippen LogP contribution is 2.43. The molecule has 0 radical (unpaired) electrons. The summed E-state index contributed by atoms with van der Waals surface area (Å²) in [4.78, 5) is 30.5. The second kappa shape index (κ2) is 10.1. The first-order valence-corrected chi connectivity index (χ1v) is 13.3. The maximum atomic E-state index is 13.9. The van der Waals surface area contributed by atoms with Crippen LogP contribution in [0.1, 0.15) is 29.2 Å². The summed E-state index contributed by atoms with van der Waals surface area (Å²) in [5, 5.41) is 0.574. The third-order valence-corrected chi connectivity index (χ3v) is 8.15. The van der Waals surface area contributed by atoms with E-state index in [1.165, 1.54) is 0 Å². The molecule has 9 heteroatoms. The lowest BCUT2D eigenvalue weighted by Crippen LogP contribution is -2.50. The van der Waals surface area contributed by atoms with E-state index in [2.05, 4.69) is 11.0 Å². The van der Waals surface area contributed by atoms with Crippen molar-refractivity contribution in [3.63, 3.8) is 0 Å². The van der Waals surface area contributed by atoms with Gasteiger partial charge < -0.3 is 18.8 Å². The Morgan fingerprint density at radius 1 is 0.949 bits per heavy atom. The molecule has 0 N–H and O–H groups in total. The van der Waals surface area contributed by atoms with Gasteiger partial charge in [-0.3, -0.25) is 19.4 Å². The number of benzene rings is 2. The Hall–Kier alpha value is -3.75. The Morgan fingerprint density at radius 2 is 1.72 bits per heavy atom. The Bertz CT molecular complexity index is 1520. The number of ether oxygens (including phenoxy) is 3. The van der Waals surface area contributed by atoms with Crippen LogP contribution in [0.4, 0.5) is 5.69 Å². The molecule has 202 valence electrons. The molecule has 2 aromatic carbocycles. The van der Waals surface area contributed by atoms with Crippen LogP contribution in [0.3, 0.4) is 0 Å². The lowest BCUT2D eigenvalue weighted by atomic mass is 9.83. The van der Waals surface area contributed by atoms with Crippen molar-refractivity contribution < 1.29 is 19.0 Å². The minimum Gasteiger partial charge on any atom is -0.493 e. The largest absolute Gasteiger partial charge is 0.493 e. The van der Waals surface area contributed by atoms with Crippen LogP contribution in [-0.2, 0) is 11.3 Å². The summed E-state index contributed by atoms with van der Waals surface area (Å²) in [6, 6.07) is 14.7. The Morgan fingerprint density at radius 3 is 2.44 bits per heavy atom. The molecular weight excluding hydrogens is 518 g/mol. The lowest BCUT2D eigenvalue weighted by molar-refractivity contribution is -0.113. The number of likely N-dealkylation sites (tertiary alicyclic amines) is 1. The summed E-state index contributed by atoms with van der Waals surface area (Å²) >= 11 is 6.40. The quantitative estimate of drug-likeness (QED) is 0.423. The van der Waals surface area contributed by atoms with E-state index in [1.54, 1.807) is 33.5 Å². The molecule has 4 heterocycles. The van der Waals surface area contributed by atoms with Gasteiger partial charge in [-0.05, 0) is 54.3 Å². The van der Waals surface area contributed by atoms with Gasteiger partial charge in [0.1, 0.15) is 0 Å². The molecule has 1 aromatic heterocycles. The Labute approximate surface area is 231 Å². The van der Waals surface area contributed by atoms with E-state index in [4.69, 9.17) is 25.8 Å². The number of carbonyl (C=O) groups excluding carboxylic acids is 1. The number of anilines is 1. The zero-order chi connectivity index (χ0) is 27.3. The van der Waals surface area contributed by atoms with Crippen molar-refractivity contribution in [3.05, 3.63) is 80.7 Å². The van der Waals surface area contributed by atoms with Crippen LogP contribution >= 0.6 is 11.6 Å². The Kier molecular flexibility index (Phi) is 6.61. The molecule has 3 aliphatic heterocycles. The average Bonchev–Trinajstić information content (AvgIpc) is 3.18. The summed E-state index contributed by atoms with van der Waals surface area (Å²) in [5.74, 6) is 2.06. The highest BCUT2D eigenvalue weighted by molar-refractivity contribution is 6.37. The summed E-state index contributed by atoms with van der Waals surface area (Å²) in [5.41, 5.74) is 4.10. The monoisotopic (exact) mass is 547 g/mol. The third-order valence-electron chi connectivity index (χ3n) is 7.91. The minimum atomic E-state index is -0.0895. The van der Waals surface area contributed by atoms with Gasteiger partial charge in [0.2, 0.25) is 5.75 Å². The van der Waals surface area contributed by atoms with Gasteiger partial charge in [-0.1, -0.05) is 23.7 Å². The fourth-order valence-corrected chi connectivity index (χ4v) is 6.43. The molecule has 8 nitrogen and oxygen atoms in total. The zero-order valence-corrected chi connectivity index (χ0v) is 22.9. The van der Waals surface area contributed by atoms with Crippen molar-refractivity contribution in [1.29, 1.82) is 0 Å². The highest BCUT2D eigenvalue weighted by Gasteiger charge is 2.38. The van der Waals surface area contributed by atoms with E-state index in [1.807, 2.05) is 45.9 Å². The summed E-state index contributed by atoms with van der Waals surface area (Å²) in [7, 11) is 4.69. The average molecular weight is 548 g/mol. The van der Waals surface area contributed by atoms with Gasteiger partial charge in [-0.15, -0.1) is 0 Å². The SMILES string of the molecule is COc1cc(C=C2C(=O)N(CN3CC4CC(C3)c3cccc(=O)n3C4)c3cc(Cl)ccc32)cc(OC)c1OC. The number of rotatable bonds is 6. The summed E-state index contributed by atoms with van der Waals surface area (Å²) < 4.78 is 18.4. The number of aromatic nitrogens is 1. The second-order valence-corrected chi connectivity index (χ2v) is 10.7. The van der Waals surface area contributed by atoms with E-state index in [9.17, 15) is 9.59 Å². The normalized spacial score (nSPS) is 21.1. The number of pyridine rings is 1. The van der Waals surface area contributed by atoms with Gasteiger partial charge >= 0.3 is 0 Å². The van der Waals surface area contributed by atoms with Crippen molar-refractivity contribution in [2.24, 2.45) is 5.92 Å². The van der Waals surface area contributed by atoms with Crippen LogP contribution in [0.25, 0.3) is 11.6 Å². The molecule has 6 rings (SSSR count). The minimum absolute atomic E-state index is 0.0653. The molecule has 2 bridgehead atoms. The molecule has 1 amide bonds. The molecule has 0 aliphatic carbocycles. The summed E-state index contributed by atoms with van der Waals surface area (Å²) in [6.45, 7) is 2.77. The number of amides is 1. The second-order valence-electron chi connectivity index (χ2n) is 10.3. The lowest BCUT2D eigenvalue weighted by Gasteiger charge is -2.43. The van der Waals surface area contributed by atoms with Gasteiger partial charge in [0.15, 0.2) is 11.5 Å². The van der Waals surface area contributed by atoms with Gasteiger partial charge in [0, 0.05) is 53.5 Å². The smallest absolute Gasteiger partial charge is 0.260 e. The number of carbonyl (C=O) groups is 1. The van der Waals surface area contributed by atoms with Crippen LogP contribution in [0.2, 0.25) is 5.02 Å². The molecule has 3 aromatic rings. The molecule has 2 unspecified atom stereocenters. The zero-order valence-electron chi connectivity index (χ0n) is 22.1. The standard InChI is InChI=1S/C30H30ClN3O5/c1-37-26-11-18(12-27(38-2)29(26)39-3)10-23-22-8-7-21(31)13-25(22)34(30(23)36)17-32-14-19-9-20(16-32)24-5-4-6-28(35)33(24)15-19/h4-8,10-13,19-20H,9,14-17H2,1-3H3. The number of methoxy groups -OCH3 is 3. The van der Waals surface area contributed by atoms with Crippen LogP contribution in [0.15, 0.2) is 53.3 Å². The molecule has 2 atom stereocenters. The van der Waals surface area contributed by atoms with E-state index in [0.717, 1.165) is 42.0 Å². The van der Waals surface area contributed by atoms with Crippen molar-refractivity contribution in [1.82, 2.24) is 9.47 Å². The van der Waals surface area contributed by atoms with E-state index in [-0.39, 0.29) is 17.4 Å². The van der Waals surface area contributed by atoms with Crippen LogP contribution in [0, 0.1) is 5.92 Å². The fraction of sp³-hybridized carbons (Fsp3) is 0.333. The Balaban J connectivity index is 1.33. The molecule has 0 spiro atoms. The van der Waals surface area contributed by atoms with E-state index in [0.29, 0.717) is 47.0 Å². The molecule has 1 saturated heterocycles. The summed E-state index contributed by atoms with van der Waals surface area (Å²) in [6.07, 6.45) is 2.91. The maximum absolute atomic E-state index is 13.9. The number of hydrogen-bond acceptors (Lipinski definition) is 6. The number of hydrogen-bond donors (Lipinski definition) is 0. The maximum Gasteiger partial charge on any atom is 0.260 e. The molecule has 0 saturated carbocycles. The van der Waals surface area contributed by atoms with Crippen molar-refractivity contribution in [3.8, 4) is 17.2 Å². The molecule has 1 fully saturated rings. The predicted molar refractivity (Wildman–Crippen MR) is 151 cm³/mol. The molecular formula is C30H30ClN3O5. The number of fused-ring (bicyclic) bond motifs is 5. The van der Waals surface area contributed by atoms with Crippen LogP contribution in [0.5, 0.6) is 17.2 Å². The van der Waals surface area contributed by atoms with Gasteiger partial charge in [0.25, 0.3) is 11.5 Å². The van der Waals surface area contributed by atoms with Crippen molar-refractivity contribution >= 4 is 34.8 Å². The third kappa shape index (κ3) is 4.47. The number of nitrogens with zero attached hydrogens (tertiary/aromatic N) is 3. The van der Waals surface area contributed by atoms with Crippen molar-refractivity contribution in [2.45, 2.75) is 18.9 Å².